The van der Waals surface area contributed by atoms with Crippen LogP contribution in [0.2, 0.25) is 0 Å². The number of rotatable bonds is 2. The summed E-state index contributed by atoms with van der Waals surface area (Å²) < 4.78 is 1.01. The van der Waals surface area contributed by atoms with Gasteiger partial charge in [0.15, 0.2) is 0 Å². The number of amides is 3. The van der Waals surface area contributed by atoms with E-state index in [0.29, 0.717) is 12.0 Å². The molecule has 1 fully saturated rings. The minimum atomic E-state index is -0.613. The SMILES string of the molecule is O=C1CCC(NC(=O)c2csc(I)c2)C(=O)N1. The molecule has 2 N–H and O–H groups in total. The molecule has 1 atom stereocenters. The van der Waals surface area contributed by atoms with Gasteiger partial charge in [0, 0.05) is 11.8 Å². The molecule has 17 heavy (non-hydrogen) atoms. The standard InChI is InChI=1S/C10H9IN2O3S/c11-7-3-5(4-17-7)9(15)12-6-1-2-8(14)13-10(6)16/h3-4,6H,1-2H2,(H,12,15)(H,13,14,16). The molecule has 1 aliphatic rings. The van der Waals surface area contributed by atoms with Crippen molar-refractivity contribution in [1.82, 2.24) is 10.6 Å². The Morgan fingerprint density at radius 3 is 2.88 bits per heavy atom. The number of carbonyl (C=O) groups is 3. The summed E-state index contributed by atoms with van der Waals surface area (Å²) in [6.45, 7) is 0. The van der Waals surface area contributed by atoms with Crippen molar-refractivity contribution in [3.63, 3.8) is 0 Å². The fraction of sp³-hybridized carbons (Fsp3) is 0.300. The number of hydrogen-bond acceptors (Lipinski definition) is 4. The third-order valence-corrected chi connectivity index (χ3v) is 4.16. The van der Waals surface area contributed by atoms with Gasteiger partial charge in [-0.15, -0.1) is 11.3 Å². The Balaban J connectivity index is 1.99. The van der Waals surface area contributed by atoms with E-state index in [2.05, 4.69) is 33.2 Å². The van der Waals surface area contributed by atoms with E-state index in [4.69, 9.17) is 0 Å². The lowest BCUT2D eigenvalue weighted by Crippen LogP contribution is -2.52. The van der Waals surface area contributed by atoms with Crippen molar-refractivity contribution in [3.05, 3.63) is 19.9 Å². The number of thiophene rings is 1. The zero-order chi connectivity index (χ0) is 12.4. The number of hydrogen-bond donors (Lipinski definition) is 2. The van der Waals surface area contributed by atoms with E-state index in [9.17, 15) is 14.4 Å². The minimum absolute atomic E-state index is 0.262. The predicted octanol–water partition coefficient (Wildman–Crippen LogP) is 0.888. The number of carbonyl (C=O) groups excluding carboxylic acids is 3. The second-order valence-electron chi connectivity index (χ2n) is 3.62. The Morgan fingerprint density at radius 2 is 2.29 bits per heavy atom. The van der Waals surface area contributed by atoms with Crippen LogP contribution in [0.15, 0.2) is 11.4 Å². The van der Waals surface area contributed by atoms with E-state index < -0.39 is 11.9 Å². The first-order valence-corrected chi connectivity index (χ1v) is 6.90. The lowest BCUT2D eigenvalue weighted by atomic mass is 10.1. The van der Waals surface area contributed by atoms with Gasteiger partial charge < -0.3 is 5.32 Å². The van der Waals surface area contributed by atoms with Crippen LogP contribution in [0.1, 0.15) is 23.2 Å². The molecule has 0 saturated carbocycles. The highest BCUT2D eigenvalue weighted by Crippen LogP contribution is 2.17. The van der Waals surface area contributed by atoms with E-state index in [1.807, 2.05) is 0 Å². The van der Waals surface area contributed by atoms with Crippen LogP contribution in [0.3, 0.4) is 0 Å². The fourth-order valence-electron chi connectivity index (χ4n) is 1.50. The molecule has 0 aliphatic carbocycles. The van der Waals surface area contributed by atoms with E-state index in [-0.39, 0.29) is 18.2 Å². The van der Waals surface area contributed by atoms with Gasteiger partial charge in [-0.2, -0.15) is 0 Å². The van der Waals surface area contributed by atoms with Crippen LogP contribution >= 0.6 is 33.9 Å². The van der Waals surface area contributed by atoms with Crippen molar-refractivity contribution in [1.29, 1.82) is 0 Å². The van der Waals surface area contributed by atoms with Crippen LogP contribution in [-0.4, -0.2) is 23.8 Å². The van der Waals surface area contributed by atoms with Crippen LogP contribution in [0.4, 0.5) is 0 Å². The van der Waals surface area contributed by atoms with Gasteiger partial charge >= 0.3 is 0 Å². The molecule has 2 rings (SSSR count). The molecule has 0 aromatic carbocycles. The van der Waals surface area contributed by atoms with Crippen LogP contribution in [0, 0.1) is 2.88 Å². The molecule has 3 amide bonds. The molecule has 7 heteroatoms. The monoisotopic (exact) mass is 364 g/mol. The normalized spacial score (nSPS) is 19.9. The molecule has 1 saturated heterocycles. The second-order valence-corrected chi connectivity index (χ2v) is 6.42. The average molecular weight is 364 g/mol. The van der Waals surface area contributed by atoms with Gasteiger partial charge in [-0.3, -0.25) is 19.7 Å². The lowest BCUT2D eigenvalue weighted by Gasteiger charge is -2.21. The summed E-state index contributed by atoms with van der Waals surface area (Å²) in [6.07, 6.45) is 0.621. The van der Waals surface area contributed by atoms with Gasteiger partial charge in [0.25, 0.3) is 5.91 Å². The fourth-order valence-corrected chi connectivity index (χ4v) is 2.83. The molecule has 0 bridgehead atoms. The molecule has 1 aliphatic heterocycles. The van der Waals surface area contributed by atoms with Crippen LogP contribution in [-0.2, 0) is 9.59 Å². The highest BCUT2D eigenvalue weighted by atomic mass is 127. The van der Waals surface area contributed by atoms with Crippen molar-refractivity contribution >= 4 is 51.6 Å². The third kappa shape index (κ3) is 3.03. The Hall–Kier alpha value is -0.960. The third-order valence-electron chi connectivity index (χ3n) is 2.37. The van der Waals surface area contributed by atoms with Crippen molar-refractivity contribution in [3.8, 4) is 0 Å². The zero-order valence-electron chi connectivity index (χ0n) is 8.66. The average Bonchev–Trinajstić information content (AvgIpc) is 2.69. The summed E-state index contributed by atoms with van der Waals surface area (Å²) in [5, 5.41) is 6.56. The molecule has 1 unspecified atom stereocenters. The van der Waals surface area contributed by atoms with Crippen LogP contribution in [0.25, 0.3) is 0 Å². The van der Waals surface area contributed by atoms with Gasteiger partial charge in [0.1, 0.15) is 6.04 Å². The first-order valence-electron chi connectivity index (χ1n) is 4.95. The molecule has 1 aromatic heterocycles. The van der Waals surface area contributed by atoms with Crippen molar-refractivity contribution in [2.75, 3.05) is 0 Å². The van der Waals surface area contributed by atoms with Crippen LogP contribution < -0.4 is 10.6 Å². The van der Waals surface area contributed by atoms with Gasteiger partial charge in [-0.1, -0.05) is 0 Å². The Morgan fingerprint density at radius 1 is 1.53 bits per heavy atom. The first-order chi connectivity index (χ1) is 8.06. The molecular weight excluding hydrogens is 355 g/mol. The lowest BCUT2D eigenvalue weighted by molar-refractivity contribution is -0.134. The number of halogens is 1. The van der Waals surface area contributed by atoms with Gasteiger partial charge in [-0.05, 0) is 35.1 Å². The number of nitrogens with one attached hydrogen (secondary N) is 2. The topological polar surface area (TPSA) is 75.3 Å². The smallest absolute Gasteiger partial charge is 0.252 e. The Labute approximate surface area is 115 Å². The highest BCUT2D eigenvalue weighted by molar-refractivity contribution is 14.1. The predicted molar refractivity (Wildman–Crippen MR) is 70.7 cm³/mol. The summed E-state index contributed by atoms with van der Waals surface area (Å²) in [5.74, 6) is -0.997. The Kier molecular flexibility index (Phi) is 3.77. The molecular formula is C10H9IN2O3S. The van der Waals surface area contributed by atoms with E-state index in [1.165, 1.54) is 11.3 Å². The Bertz CT molecular complexity index is 486. The quantitative estimate of drug-likeness (QED) is 0.605. The molecule has 2 heterocycles. The molecule has 1 aromatic rings. The van der Waals surface area contributed by atoms with Crippen molar-refractivity contribution < 1.29 is 14.4 Å². The van der Waals surface area contributed by atoms with Gasteiger partial charge in [-0.25, -0.2) is 0 Å². The van der Waals surface area contributed by atoms with E-state index in [0.717, 1.165) is 2.88 Å². The maximum absolute atomic E-state index is 11.8. The molecule has 90 valence electrons. The largest absolute Gasteiger partial charge is 0.340 e. The molecule has 0 spiro atoms. The summed E-state index contributed by atoms with van der Waals surface area (Å²) in [5.41, 5.74) is 0.545. The van der Waals surface area contributed by atoms with Crippen LogP contribution in [0.5, 0.6) is 0 Å². The van der Waals surface area contributed by atoms with Gasteiger partial charge in [0.2, 0.25) is 11.8 Å². The van der Waals surface area contributed by atoms with Crippen molar-refractivity contribution in [2.45, 2.75) is 18.9 Å². The molecule has 5 nitrogen and oxygen atoms in total. The van der Waals surface area contributed by atoms with E-state index >= 15 is 0 Å². The second kappa shape index (κ2) is 5.13. The number of imide groups is 1. The number of piperidine rings is 1. The summed E-state index contributed by atoms with van der Waals surface area (Å²) in [7, 11) is 0. The minimum Gasteiger partial charge on any atom is -0.340 e. The summed E-state index contributed by atoms with van der Waals surface area (Å²) in [4.78, 5) is 34.1. The summed E-state index contributed by atoms with van der Waals surface area (Å²) in [6, 6.07) is 1.14. The maximum Gasteiger partial charge on any atom is 0.252 e. The summed E-state index contributed by atoms with van der Waals surface area (Å²) >= 11 is 3.59. The van der Waals surface area contributed by atoms with E-state index in [1.54, 1.807) is 11.4 Å². The van der Waals surface area contributed by atoms with Gasteiger partial charge in [0.05, 0.1) is 8.45 Å². The first kappa shape index (κ1) is 12.5. The van der Waals surface area contributed by atoms with Crippen molar-refractivity contribution in [2.24, 2.45) is 0 Å². The highest BCUT2D eigenvalue weighted by Gasteiger charge is 2.28. The molecule has 0 radical (unpaired) electrons. The zero-order valence-corrected chi connectivity index (χ0v) is 11.6. The maximum atomic E-state index is 11.8.